The lowest BCUT2D eigenvalue weighted by Crippen LogP contribution is -2.26. The molecule has 0 saturated heterocycles. The van der Waals surface area contributed by atoms with Crippen molar-refractivity contribution in [3.8, 4) is 5.75 Å². The number of fused-ring (bicyclic) bond motifs is 1. The maximum Gasteiger partial charge on any atom is 0.254 e. The molecule has 0 unspecified atom stereocenters. The average molecular weight is 534 g/mol. The van der Waals surface area contributed by atoms with Gasteiger partial charge in [-0.05, 0) is 54.0 Å². The normalized spacial score (nSPS) is 11.7. The van der Waals surface area contributed by atoms with Gasteiger partial charge in [0, 0.05) is 56.7 Å². The summed E-state index contributed by atoms with van der Waals surface area (Å²) in [7, 11) is 0.640. The van der Waals surface area contributed by atoms with Crippen molar-refractivity contribution in [2.75, 3.05) is 20.3 Å². The third-order valence-corrected chi connectivity index (χ3v) is 7.75. The SMILES string of the molecule is CCOc1cc(C(=O)N(C)Cc2cnc(C)c3cnn(COCC[Si](C)(C)C)c23)ccc1Br. The van der Waals surface area contributed by atoms with Crippen LogP contribution in [0, 0.1) is 6.92 Å². The summed E-state index contributed by atoms with van der Waals surface area (Å²) in [5.41, 5.74) is 3.37. The standard InChI is InChI=1S/C24H33BrN4O3Si/c1-7-32-22-12-18(8-9-21(22)25)24(30)28(3)15-19-13-26-17(2)20-14-27-29(23(19)20)16-31-10-11-33(4,5)6/h8-9,12-14H,7,10-11,15-16H2,1-6H3. The van der Waals surface area contributed by atoms with Crippen LogP contribution in [0.3, 0.4) is 0 Å². The second kappa shape index (κ2) is 10.8. The van der Waals surface area contributed by atoms with Crippen LogP contribution in [0.15, 0.2) is 35.1 Å². The number of ether oxygens (including phenoxy) is 2. The van der Waals surface area contributed by atoms with Crippen molar-refractivity contribution < 1.29 is 14.3 Å². The fraction of sp³-hybridized carbons (Fsp3) is 0.458. The highest BCUT2D eigenvalue weighted by Gasteiger charge is 2.18. The first kappa shape index (κ1) is 25.4. The van der Waals surface area contributed by atoms with Crippen LogP contribution < -0.4 is 4.74 Å². The molecule has 1 amide bonds. The van der Waals surface area contributed by atoms with Crippen molar-refractivity contribution >= 4 is 40.8 Å². The minimum Gasteiger partial charge on any atom is -0.493 e. The fourth-order valence-corrected chi connectivity index (χ4v) is 4.61. The molecule has 0 saturated carbocycles. The molecule has 2 heterocycles. The monoisotopic (exact) mass is 532 g/mol. The number of benzene rings is 1. The molecule has 3 aromatic rings. The third-order valence-electron chi connectivity index (χ3n) is 5.39. The molecule has 0 spiro atoms. The van der Waals surface area contributed by atoms with Crippen LogP contribution in [0.4, 0.5) is 0 Å². The van der Waals surface area contributed by atoms with E-state index >= 15 is 0 Å². The van der Waals surface area contributed by atoms with Crippen LogP contribution in [0.1, 0.15) is 28.5 Å². The highest BCUT2D eigenvalue weighted by molar-refractivity contribution is 9.10. The molecule has 7 nitrogen and oxygen atoms in total. The number of amides is 1. The summed E-state index contributed by atoms with van der Waals surface area (Å²) in [6, 6.07) is 6.51. The highest BCUT2D eigenvalue weighted by Crippen LogP contribution is 2.27. The van der Waals surface area contributed by atoms with Gasteiger partial charge in [0.15, 0.2) is 0 Å². The summed E-state index contributed by atoms with van der Waals surface area (Å²) >= 11 is 3.47. The Balaban J connectivity index is 1.80. The van der Waals surface area contributed by atoms with Gasteiger partial charge in [-0.1, -0.05) is 19.6 Å². The number of rotatable bonds is 10. The zero-order valence-corrected chi connectivity index (χ0v) is 22.9. The van der Waals surface area contributed by atoms with Crippen LogP contribution in [0.5, 0.6) is 5.75 Å². The van der Waals surface area contributed by atoms with Crippen LogP contribution in [0.25, 0.3) is 10.9 Å². The third kappa shape index (κ3) is 6.42. The summed E-state index contributed by atoms with van der Waals surface area (Å²) < 4.78 is 14.3. The van der Waals surface area contributed by atoms with E-state index in [2.05, 4.69) is 45.7 Å². The fourth-order valence-electron chi connectivity index (χ4n) is 3.49. The van der Waals surface area contributed by atoms with E-state index in [0.29, 0.717) is 31.2 Å². The molecule has 9 heteroatoms. The number of hydrogen-bond acceptors (Lipinski definition) is 5. The van der Waals surface area contributed by atoms with Gasteiger partial charge in [-0.3, -0.25) is 9.78 Å². The summed E-state index contributed by atoms with van der Waals surface area (Å²) in [6.45, 7) is 12.9. The molecule has 0 atom stereocenters. The smallest absolute Gasteiger partial charge is 0.254 e. The first-order chi connectivity index (χ1) is 15.6. The molecule has 0 fully saturated rings. The molecule has 0 radical (unpaired) electrons. The Morgan fingerprint density at radius 1 is 1.24 bits per heavy atom. The van der Waals surface area contributed by atoms with E-state index in [9.17, 15) is 4.79 Å². The molecule has 0 N–H and O–H groups in total. The lowest BCUT2D eigenvalue weighted by Gasteiger charge is -2.19. The lowest BCUT2D eigenvalue weighted by molar-refractivity contribution is 0.0781. The Morgan fingerprint density at radius 2 is 2.00 bits per heavy atom. The van der Waals surface area contributed by atoms with Gasteiger partial charge in [-0.2, -0.15) is 5.10 Å². The Labute approximate surface area is 205 Å². The first-order valence-corrected chi connectivity index (χ1v) is 15.7. The second-order valence-electron chi connectivity index (χ2n) is 9.36. The van der Waals surface area contributed by atoms with Crippen LogP contribution in [0.2, 0.25) is 25.7 Å². The topological polar surface area (TPSA) is 69.5 Å². The van der Waals surface area contributed by atoms with Gasteiger partial charge < -0.3 is 14.4 Å². The molecule has 0 bridgehead atoms. The van der Waals surface area contributed by atoms with Gasteiger partial charge in [-0.15, -0.1) is 0 Å². The molecule has 178 valence electrons. The van der Waals surface area contributed by atoms with E-state index in [4.69, 9.17) is 9.47 Å². The van der Waals surface area contributed by atoms with E-state index in [1.807, 2.05) is 37.0 Å². The zero-order valence-electron chi connectivity index (χ0n) is 20.3. The number of carbonyl (C=O) groups is 1. The minimum absolute atomic E-state index is 0.0883. The number of aromatic nitrogens is 3. The minimum atomic E-state index is -1.15. The van der Waals surface area contributed by atoms with E-state index < -0.39 is 8.07 Å². The van der Waals surface area contributed by atoms with Crippen molar-refractivity contribution in [1.82, 2.24) is 19.7 Å². The molecule has 0 aliphatic rings. The van der Waals surface area contributed by atoms with Crippen molar-refractivity contribution in [2.24, 2.45) is 0 Å². The summed E-state index contributed by atoms with van der Waals surface area (Å²) in [6.07, 6.45) is 3.66. The van der Waals surface area contributed by atoms with Crippen LogP contribution in [-0.4, -0.2) is 53.9 Å². The predicted molar refractivity (Wildman–Crippen MR) is 137 cm³/mol. The summed E-state index contributed by atoms with van der Waals surface area (Å²) in [4.78, 5) is 19.4. The average Bonchev–Trinajstić information content (AvgIpc) is 3.19. The molecule has 0 aliphatic carbocycles. The van der Waals surface area contributed by atoms with Gasteiger partial charge in [0.25, 0.3) is 5.91 Å². The van der Waals surface area contributed by atoms with Gasteiger partial charge >= 0.3 is 0 Å². The zero-order chi connectivity index (χ0) is 24.2. The number of hydrogen-bond donors (Lipinski definition) is 0. The number of pyridine rings is 1. The Hall–Kier alpha value is -2.23. The van der Waals surface area contributed by atoms with Gasteiger partial charge in [0.05, 0.1) is 22.8 Å². The van der Waals surface area contributed by atoms with Gasteiger partial charge in [0.2, 0.25) is 0 Å². The largest absolute Gasteiger partial charge is 0.493 e. The Bertz CT molecular complexity index is 1130. The quantitative estimate of drug-likeness (QED) is 0.255. The van der Waals surface area contributed by atoms with Crippen LogP contribution in [-0.2, 0) is 18.0 Å². The summed E-state index contributed by atoms with van der Waals surface area (Å²) in [5.74, 6) is 0.569. The van der Waals surface area contributed by atoms with E-state index in [1.165, 1.54) is 0 Å². The van der Waals surface area contributed by atoms with Crippen molar-refractivity contribution in [3.05, 3.63) is 51.9 Å². The number of carbonyl (C=O) groups excluding carboxylic acids is 1. The van der Waals surface area contributed by atoms with E-state index in [0.717, 1.165) is 39.3 Å². The van der Waals surface area contributed by atoms with Crippen molar-refractivity contribution in [1.29, 1.82) is 0 Å². The number of aryl methyl sites for hydroxylation is 1. The molecule has 2 aromatic heterocycles. The van der Waals surface area contributed by atoms with Gasteiger partial charge in [0.1, 0.15) is 12.5 Å². The number of halogens is 1. The molecular weight excluding hydrogens is 500 g/mol. The molecule has 33 heavy (non-hydrogen) atoms. The number of nitrogens with zero attached hydrogens (tertiary/aromatic N) is 4. The molecule has 1 aromatic carbocycles. The van der Waals surface area contributed by atoms with Gasteiger partial charge in [-0.25, -0.2) is 4.68 Å². The summed E-state index contributed by atoms with van der Waals surface area (Å²) in [5, 5.41) is 5.52. The first-order valence-electron chi connectivity index (χ1n) is 11.2. The maximum atomic E-state index is 13.1. The van der Waals surface area contributed by atoms with Crippen LogP contribution >= 0.6 is 15.9 Å². The Morgan fingerprint density at radius 3 is 2.70 bits per heavy atom. The molecular formula is C24H33BrN4O3Si. The van der Waals surface area contributed by atoms with E-state index in [1.54, 1.807) is 24.1 Å². The highest BCUT2D eigenvalue weighted by atomic mass is 79.9. The molecule has 3 rings (SSSR count). The van der Waals surface area contributed by atoms with Crippen molar-refractivity contribution in [3.63, 3.8) is 0 Å². The lowest BCUT2D eigenvalue weighted by atomic mass is 10.1. The molecule has 0 aliphatic heterocycles. The second-order valence-corrected chi connectivity index (χ2v) is 15.8. The Kier molecular flexibility index (Phi) is 8.31. The van der Waals surface area contributed by atoms with E-state index in [-0.39, 0.29) is 5.91 Å². The van der Waals surface area contributed by atoms with Crippen molar-refractivity contribution in [2.45, 2.75) is 52.8 Å². The predicted octanol–water partition coefficient (Wildman–Crippen LogP) is 5.49. The maximum absolute atomic E-state index is 13.1.